The van der Waals surface area contributed by atoms with Crippen LogP contribution in [-0.4, -0.2) is 90.3 Å². The molecular weight excluding hydrogens is 552 g/mol. The Labute approximate surface area is 251 Å². The summed E-state index contributed by atoms with van der Waals surface area (Å²) < 4.78 is 34.0. The minimum Gasteiger partial charge on any atom is -0.462 e. The molecule has 1 aromatic heterocycles. The average Bonchev–Trinajstić information content (AvgIpc) is 3.54. The maximum absolute atomic E-state index is 14.0. The molecule has 4 heterocycles. The van der Waals surface area contributed by atoms with E-state index in [1.54, 1.807) is 0 Å². The van der Waals surface area contributed by atoms with E-state index in [9.17, 15) is 18.8 Å². The van der Waals surface area contributed by atoms with Crippen molar-refractivity contribution in [2.24, 2.45) is 5.92 Å². The number of benzene rings is 1. The number of carbonyl (C=O) groups excluding carboxylic acids is 1. The molecule has 2 saturated heterocycles. The van der Waals surface area contributed by atoms with Crippen molar-refractivity contribution in [1.82, 2.24) is 19.8 Å². The van der Waals surface area contributed by atoms with E-state index < -0.39 is 23.9 Å². The first-order valence-electron chi connectivity index (χ1n) is 15.2. The van der Waals surface area contributed by atoms with Crippen molar-refractivity contribution in [2.75, 3.05) is 56.2 Å². The van der Waals surface area contributed by atoms with Crippen LogP contribution in [-0.2, 0) is 30.6 Å². The number of anilines is 2. The smallest absolute Gasteiger partial charge is 0.318 e. The van der Waals surface area contributed by atoms with Crippen LogP contribution in [0.4, 0.5) is 20.3 Å². The van der Waals surface area contributed by atoms with E-state index in [4.69, 9.17) is 14.7 Å². The van der Waals surface area contributed by atoms with Crippen LogP contribution < -0.4 is 14.5 Å². The van der Waals surface area contributed by atoms with Gasteiger partial charge in [0.1, 0.15) is 18.6 Å². The van der Waals surface area contributed by atoms with Gasteiger partial charge in [0.05, 0.1) is 30.8 Å². The second kappa shape index (κ2) is 12.1. The Bertz CT molecular complexity index is 1450. The number of ether oxygens (including phenoxy) is 1. The number of hydrogen-bond donors (Lipinski definition) is 0. The first kappa shape index (κ1) is 29.3. The molecule has 228 valence electrons. The molecule has 0 spiro atoms. The first-order chi connectivity index (χ1) is 20.7. The Morgan fingerprint density at radius 2 is 1.98 bits per heavy atom. The molecule has 11 heteroatoms. The lowest BCUT2D eigenvalue weighted by Gasteiger charge is -2.42. The van der Waals surface area contributed by atoms with Crippen LogP contribution in [0.3, 0.4) is 0 Å². The summed E-state index contributed by atoms with van der Waals surface area (Å²) in [6, 6.07) is 8.39. The monoisotopic (exact) mass is 591 g/mol. The molecule has 2 fully saturated rings. The molecule has 4 aliphatic rings. The van der Waals surface area contributed by atoms with E-state index >= 15 is 0 Å². The summed E-state index contributed by atoms with van der Waals surface area (Å²) in [4.78, 5) is 30.1. The molecule has 3 aliphatic heterocycles. The van der Waals surface area contributed by atoms with Crippen molar-refractivity contribution < 1.29 is 18.3 Å². The summed E-state index contributed by atoms with van der Waals surface area (Å²) in [5, 5.41) is 9.48. The topological polar surface area (TPSA) is 88.8 Å². The van der Waals surface area contributed by atoms with Gasteiger partial charge in [0.25, 0.3) is 5.91 Å². The van der Waals surface area contributed by atoms with Crippen LogP contribution in [0.1, 0.15) is 42.1 Å². The molecule has 0 radical (unpaired) electrons. The summed E-state index contributed by atoms with van der Waals surface area (Å²) in [6.45, 7) is 8.53. The van der Waals surface area contributed by atoms with Gasteiger partial charge in [-0.1, -0.05) is 25.6 Å². The number of piperazine rings is 1. The number of nitrogens with zero attached hydrogens (tertiary/aromatic N) is 7. The Kier molecular flexibility index (Phi) is 8.23. The van der Waals surface area contributed by atoms with E-state index in [2.05, 4.69) is 47.6 Å². The van der Waals surface area contributed by atoms with E-state index in [0.717, 1.165) is 42.9 Å². The maximum Gasteiger partial charge on any atom is 0.318 e. The molecule has 9 nitrogen and oxygen atoms in total. The van der Waals surface area contributed by atoms with Gasteiger partial charge in [0.2, 0.25) is 0 Å². The molecule has 4 atom stereocenters. The summed E-state index contributed by atoms with van der Waals surface area (Å²) in [7, 11) is 1.89. The summed E-state index contributed by atoms with van der Waals surface area (Å²) >= 11 is 0. The van der Waals surface area contributed by atoms with E-state index in [0.29, 0.717) is 38.5 Å². The number of nitriles is 1. The fourth-order valence-electron chi connectivity index (χ4n) is 7.19. The number of likely N-dealkylation sites (N-methyl/N-ethyl adjacent to an activating group) is 1. The Morgan fingerprint density at radius 1 is 1.14 bits per heavy atom. The molecule has 0 saturated carbocycles. The minimum atomic E-state index is -1.03. The Balaban J connectivity index is 1.30. The van der Waals surface area contributed by atoms with Gasteiger partial charge in [-0.15, -0.1) is 0 Å². The zero-order valence-electron chi connectivity index (χ0n) is 24.9. The highest BCUT2D eigenvalue weighted by atomic mass is 19.1. The molecule has 1 aliphatic carbocycles. The number of carbonyl (C=O) groups is 1. The molecule has 2 aromatic rings. The highest BCUT2D eigenvalue weighted by Gasteiger charge is 2.36. The van der Waals surface area contributed by atoms with Gasteiger partial charge in [-0.25, -0.2) is 8.78 Å². The van der Waals surface area contributed by atoms with Crippen molar-refractivity contribution in [3.05, 3.63) is 53.0 Å². The third-order valence-electron chi connectivity index (χ3n) is 9.38. The highest BCUT2D eigenvalue weighted by molar-refractivity contribution is 5.91. The number of amides is 1. The van der Waals surface area contributed by atoms with E-state index in [1.807, 2.05) is 11.9 Å². The third kappa shape index (κ3) is 5.90. The van der Waals surface area contributed by atoms with Crippen molar-refractivity contribution in [3.8, 4) is 12.1 Å². The van der Waals surface area contributed by atoms with Crippen LogP contribution >= 0.6 is 0 Å². The molecule has 1 unspecified atom stereocenters. The van der Waals surface area contributed by atoms with Crippen LogP contribution in [0.25, 0.3) is 0 Å². The number of halogens is 2. The number of hydrogen-bond acceptors (Lipinski definition) is 8. The number of alkyl halides is 1. The van der Waals surface area contributed by atoms with Crippen molar-refractivity contribution in [2.45, 2.75) is 63.8 Å². The number of rotatable bonds is 7. The molecule has 6 rings (SSSR count). The van der Waals surface area contributed by atoms with Gasteiger partial charge < -0.3 is 19.4 Å². The predicted octanol–water partition coefficient (Wildman–Crippen LogP) is 3.61. The summed E-state index contributed by atoms with van der Waals surface area (Å²) in [5.41, 5.74) is 6.00. The molecule has 0 N–H and O–H groups in total. The number of likely N-dealkylation sites (tertiary alicyclic amines) is 1. The second-order valence-corrected chi connectivity index (χ2v) is 12.5. The lowest BCUT2D eigenvalue weighted by Crippen LogP contribution is -2.55. The van der Waals surface area contributed by atoms with Gasteiger partial charge >= 0.3 is 6.01 Å². The van der Waals surface area contributed by atoms with Crippen molar-refractivity contribution >= 4 is 17.4 Å². The maximum atomic E-state index is 14.0. The summed E-state index contributed by atoms with van der Waals surface area (Å²) in [6.07, 6.45) is 2.49. The second-order valence-electron chi connectivity index (χ2n) is 12.5. The normalized spacial score (nSPS) is 25.3. The Morgan fingerprint density at radius 3 is 2.72 bits per heavy atom. The molecule has 1 aromatic carbocycles. The zero-order chi connectivity index (χ0) is 30.2. The van der Waals surface area contributed by atoms with Gasteiger partial charge in [-0.2, -0.15) is 15.2 Å². The Hall–Kier alpha value is -3.78. The van der Waals surface area contributed by atoms with Crippen LogP contribution in [0, 0.1) is 17.2 Å². The molecule has 1 amide bonds. The first-order valence-corrected chi connectivity index (χ1v) is 15.2. The number of aromatic nitrogens is 2. The SMILES string of the molecule is C=C(F)C(=O)N1CCN(c2nc(OC[C@@H]3C[C@@H](F)CN3C)nc3c2CCN(c2cccc4c2CC(C)C4)C3)C[C@@H]1CC#N. The quantitative estimate of drug-likeness (QED) is 0.452. The standard InChI is InChI=1S/C32H39F2N7O2/c1-20-13-22-5-4-6-29(27(22)14-20)39-10-8-26-28(18-39)36-32(43-19-25-15-23(34)16-38(25)3)37-30(26)40-11-12-41(31(42)21(2)33)24(17-40)7-9-35/h4-6,20,23-25H,2,7-8,10-19H2,1,3H3/t20?,23-,24+,25+/m1/s1. The van der Waals surface area contributed by atoms with Crippen LogP contribution in [0.2, 0.25) is 0 Å². The van der Waals surface area contributed by atoms with Crippen LogP contribution in [0.5, 0.6) is 6.01 Å². The molecular formula is C32H39F2N7O2. The fraction of sp³-hybridized carbons (Fsp3) is 0.562. The van der Waals surface area contributed by atoms with Crippen LogP contribution in [0.15, 0.2) is 30.6 Å². The molecule has 43 heavy (non-hydrogen) atoms. The van der Waals surface area contributed by atoms with E-state index in [-0.39, 0.29) is 31.6 Å². The lowest BCUT2D eigenvalue weighted by atomic mass is 10.0. The number of fused-ring (bicyclic) bond motifs is 2. The lowest BCUT2D eigenvalue weighted by molar-refractivity contribution is -0.131. The summed E-state index contributed by atoms with van der Waals surface area (Å²) in [5.74, 6) is -0.452. The fourth-order valence-corrected chi connectivity index (χ4v) is 7.19. The predicted molar refractivity (Wildman–Crippen MR) is 159 cm³/mol. The third-order valence-corrected chi connectivity index (χ3v) is 9.38. The van der Waals surface area contributed by atoms with Crippen molar-refractivity contribution in [3.63, 3.8) is 0 Å². The zero-order valence-corrected chi connectivity index (χ0v) is 24.9. The van der Waals surface area contributed by atoms with Gasteiger partial charge in [0, 0.05) is 50.0 Å². The largest absolute Gasteiger partial charge is 0.462 e. The minimum absolute atomic E-state index is 0.0631. The van der Waals surface area contributed by atoms with Gasteiger partial charge in [-0.05, 0) is 55.8 Å². The molecule has 0 bridgehead atoms. The highest BCUT2D eigenvalue weighted by Crippen LogP contribution is 2.38. The van der Waals surface area contributed by atoms with Gasteiger partial charge in [-0.3, -0.25) is 9.69 Å². The van der Waals surface area contributed by atoms with Crippen molar-refractivity contribution in [1.29, 1.82) is 5.26 Å². The average molecular weight is 592 g/mol. The van der Waals surface area contributed by atoms with E-state index in [1.165, 1.54) is 21.7 Å². The van der Waals surface area contributed by atoms with Gasteiger partial charge in [0.15, 0.2) is 5.83 Å².